The predicted molar refractivity (Wildman–Crippen MR) is 108 cm³/mol. The summed E-state index contributed by atoms with van der Waals surface area (Å²) < 4.78 is 13.0. The topological polar surface area (TPSA) is 102 Å². The summed E-state index contributed by atoms with van der Waals surface area (Å²) in [5.41, 5.74) is 3.80. The van der Waals surface area contributed by atoms with E-state index in [0.717, 1.165) is 41.3 Å². The van der Waals surface area contributed by atoms with Gasteiger partial charge in [0.1, 0.15) is 22.9 Å². The van der Waals surface area contributed by atoms with Crippen LogP contribution in [0.1, 0.15) is 28.4 Å². The molecular weight excluding hydrogens is 372 g/mol. The highest BCUT2D eigenvalue weighted by molar-refractivity contribution is 6.00. The maximum atomic E-state index is 12.8. The van der Waals surface area contributed by atoms with Gasteiger partial charge in [0.25, 0.3) is 5.91 Å². The number of nitrogens with one attached hydrogen (secondary N) is 3. The number of carbonyl (C=O) groups excluding carboxylic acids is 1. The van der Waals surface area contributed by atoms with E-state index in [1.54, 1.807) is 17.8 Å². The lowest BCUT2D eigenvalue weighted by Gasteiger charge is -2.17. The first-order chi connectivity index (χ1) is 14.1. The Bertz CT molecular complexity index is 1110. The summed E-state index contributed by atoms with van der Waals surface area (Å²) in [5.74, 6) is 2.09. The first kappa shape index (κ1) is 17.7. The summed E-state index contributed by atoms with van der Waals surface area (Å²) in [6.45, 7) is 3.50. The Morgan fingerprint density at radius 1 is 1.31 bits per heavy atom. The molecule has 29 heavy (non-hydrogen) atoms. The van der Waals surface area contributed by atoms with Crippen molar-refractivity contribution in [3.63, 3.8) is 0 Å². The van der Waals surface area contributed by atoms with E-state index in [1.807, 2.05) is 25.1 Å². The van der Waals surface area contributed by atoms with Crippen LogP contribution in [0.25, 0.3) is 5.65 Å². The number of nitrogens with zero attached hydrogens (tertiary/aromatic N) is 3. The zero-order valence-corrected chi connectivity index (χ0v) is 16.3. The number of hydrogen-bond donors (Lipinski definition) is 3. The predicted octanol–water partition coefficient (Wildman–Crippen LogP) is 2.10. The van der Waals surface area contributed by atoms with Crippen LogP contribution in [0.2, 0.25) is 0 Å². The first-order valence-corrected chi connectivity index (χ1v) is 9.60. The molecule has 0 fully saturated rings. The third kappa shape index (κ3) is 3.13. The third-order valence-electron chi connectivity index (χ3n) is 5.14. The number of benzene rings is 1. The smallest absolute Gasteiger partial charge is 0.257 e. The van der Waals surface area contributed by atoms with Crippen molar-refractivity contribution in [2.75, 3.05) is 30.9 Å². The number of hydrogen-bond acceptors (Lipinski definition) is 7. The average Bonchev–Trinajstić information content (AvgIpc) is 3.34. The molecule has 0 unspecified atom stereocenters. The molecule has 2 aliphatic rings. The number of carbonyl (C=O) groups is 1. The van der Waals surface area contributed by atoms with Gasteiger partial charge in [-0.15, -0.1) is 0 Å². The highest BCUT2D eigenvalue weighted by Gasteiger charge is 2.25. The Labute approximate surface area is 167 Å². The second-order valence-corrected chi connectivity index (χ2v) is 7.34. The van der Waals surface area contributed by atoms with Crippen molar-refractivity contribution in [3.05, 3.63) is 41.1 Å². The molecule has 2 aliphatic heterocycles. The standard InChI is InChI=1S/C20H22N6O3/c1-11-9-29-10-12-5-13(7-14(6-12)28-2)24-17-15-3-4-21-18(15)26-19(25-17)16(8-22-26)20(27)23-11/h5-8,11,21H,3-4,9-10H2,1-2H3,(H,23,27)(H,24,25)/t11-/m1/s1. The molecule has 0 saturated carbocycles. The second-order valence-electron chi connectivity index (χ2n) is 7.34. The van der Waals surface area contributed by atoms with Crippen LogP contribution in [0.5, 0.6) is 5.75 Å². The Morgan fingerprint density at radius 2 is 2.21 bits per heavy atom. The largest absolute Gasteiger partial charge is 0.497 e. The van der Waals surface area contributed by atoms with E-state index in [0.29, 0.717) is 30.2 Å². The Kier molecular flexibility index (Phi) is 4.24. The highest BCUT2D eigenvalue weighted by atomic mass is 16.5. The average molecular weight is 394 g/mol. The summed E-state index contributed by atoms with van der Waals surface area (Å²) >= 11 is 0. The van der Waals surface area contributed by atoms with Crippen molar-refractivity contribution in [2.45, 2.75) is 26.0 Å². The Balaban J connectivity index is 1.69. The first-order valence-electron chi connectivity index (χ1n) is 9.60. The SMILES string of the molecule is COc1cc2cc(c1)Nc1nc3c(cnn3c3c1CCN3)C(=O)N[C@H](C)COC2. The maximum absolute atomic E-state index is 12.8. The number of amides is 1. The number of fused-ring (bicyclic) bond motifs is 6. The molecule has 3 N–H and O–H groups in total. The normalized spacial score (nSPS) is 18.6. The van der Waals surface area contributed by atoms with Crippen molar-refractivity contribution in [3.8, 4) is 5.75 Å². The number of ether oxygens (including phenoxy) is 2. The van der Waals surface area contributed by atoms with Crippen LogP contribution in [0.3, 0.4) is 0 Å². The van der Waals surface area contributed by atoms with E-state index in [2.05, 4.69) is 21.0 Å². The lowest BCUT2D eigenvalue weighted by atomic mass is 10.1. The van der Waals surface area contributed by atoms with Gasteiger partial charge in [0.05, 0.1) is 26.5 Å². The molecule has 2 aromatic heterocycles. The third-order valence-corrected chi connectivity index (χ3v) is 5.14. The molecular formula is C20H22N6O3. The summed E-state index contributed by atoms with van der Waals surface area (Å²) in [6.07, 6.45) is 2.38. The van der Waals surface area contributed by atoms with Crippen LogP contribution in [0.15, 0.2) is 24.4 Å². The van der Waals surface area contributed by atoms with Crippen molar-refractivity contribution in [1.82, 2.24) is 19.9 Å². The summed E-state index contributed by atoms with van der Waals surface area (Å²) in [7, 11) is 1.64. The molecule has 1 aromatic carbocycles. The Hall–Kier alpha value is -3.33. The van der Waals surface area contributed by atoms with E-state index in [-0.39, 0.29) is 11.9 Å². The molecule has 4 heterocycles. The Morgan fingerprint density at radius 3 is 3.07 bits per heavy atom. The number of anilines is 3. The van der Waals surface area contributed by atoms with E-state index in [9.17, 15) is 4.79 Å². The minimum absolute atomic E-state index is 0.157. The zero-order chi connectivity index (χ0) is 20.0. The van der Waals surface area contributed by atoms with Crippen molar-refractivity contribution >= 4 is 28.9 Å². The van der Waals surface area contributed by atoms with Crippen LogP contribution >= 0.6 is 0 Å². The lowest BCUT2D eigenvalue weighted by molar-refractivity contribution is 0.0821. The quantitative estimate of drug-likeness (QED) is 0.581. The van der Waals surface area contributed by atoms with Crippen molar-refractivity contribution < 1.29 is 14.3 Å². The highest BCUT2D eigenvalue weighted by Crippen LogP contribution is 2.33. The second kappa shape index (κ2) is 6.93. The van der Waals surface area contributed by atoms with Gasteiger partial charge in [0.2, 0.25) is 0 Å². The summed E-state index contributed by atoms with van der Waals surface area (Å²) in [5, 5.41) is 14.1. The molecule has 1 atom stereocenters. The molecule has 0 aliphatic carbocycles. The van der Waals surface area contributed by atoms with Crippen LogP contribution in [-0.2, 0) is 17.8 Å². The van der Waals surface area contributed by atoms with Crippen LogP contribution in [0, 0.1) is 0 Å². The van der Waals surface area contributed by atoms with E-state index >= 15 is 0 Å². The van der Waals surface area contributed by atoms with Gasteiger partial charge in [-0.2, -0.15) is 9.61 Å². The van der Waals surface area contributed by atoms with Gasteiger partial charge in [0, 0.05) is 29.9 Å². The zero-order valence-electron chi connectivity index (χ0n) is 16.3. The molecule has 0 saturated heterocycles. The number of rotatable bonds is 1. The van der Waals surface area contributed by atoms with Gasteiger partial charge in [0.15, 0.2) is 5.65 Å². The fourth-order valence-corrected chi connectivity index (χ4v) is 3.78. The molecule has 4 bridgehead atoms. The molecule has 3 aromatic rings. The monoisotopic (exact) mass is 394 g/mol. The van der Waals surface area contributed by atoms with Crippen LogP contribution in [0.4, 0.5) is 17.3 Å². The molecule has 5 rings (SSSR count). The van der Waals surface area contributed by atoms with Crippen LogP contribution in [-0.4, -0.2) is 46.8 Å². The molecule has 9 heteroatoms. The van der Waals surface area contributed by atoms with Gasteiger partial charge < -0.3 is 25.4 Å². The molecule has 1 amide bonds. The fraction of sp³-hybridized carbons (Fsp3) is 0.350. The minimum Gasteiger partial charge on any atom is -0.497 e. The number of methoxy groups -OCH3 is 1. The minimum atomic E-state index is -0.218. The number of aromatic nitrogens is 3. The van der Waals surface area contributed by atoms with E-state index < -0.39 is 0 Å². The van der Waals surface area contributed by atoms with E-state index in [4.69, 9.17) is 14.5 Å². The fourth-order valence-electron chi connectivity index (χ4n) is 3.78. The molecule has 150 valence electrons. The van der Waals surface area contributed by atoms with Crippen molar-refractivity contribution in [1.29, 1.82) is 0 Å². The van der Waals surface area contributed by atoms with Gasteiger partial charge in [-0.05, 0) is 31.0 Å². The lowest BCUT2D eigenvalue weighted by Crippen LogP contribution is -2.35. The van der Waals surface area contributed by atoms with Gasteiger partial charge in [-0.3, -0.25) is 4.79 Å². The van der Waals surface area contributed by atoms with Gasteiger partial charge >= 0.3 is 0 Å². The van der Waals surface area contributed by atoms with Crippen LogP contribution < -0.4 is 20.7 Å². The summed E-state index contributed by atoms with van der Waals surface area (Å²) in [6, 6.07) is 5.73. The van der Waals surface area contributed by atoms with Gasteiger partial charge in [-0.25, -0.2) is 4.98 Å². The van der Waals surface area contributed by atoms with E-state index in [1.165, 1.54) is 0 Å². The van der Waals surface area contributed by atoms with Gasteiger partial charge in [-0.1, -0.05) is 0 Å². The molecule has 9 nitrogen and oxygen atoms in total. The maximum Gasteiger partial charge on any atom is 0.257 e. The molecule has 0 radical (unpaired) electrons. The molecule has 0 spiro atoms. The summed E-state index contributed by atoms with van der Waals surface area (Å²) in [4.78, 5) is 17.6. The van der Waals surface area contributed by atoms with Crippen molar-refractivity contribution in [2.24, 2.45) is 0 Å².